The summed E-state index contributed by atoms with van der Waals surface area (Å²) >= 11 is 0. The van der Waals surface area contributed by atoms with E-state index in [0.29, 0.717) is 5.95 Å². The number of pyridine rings is 1. The standard InChI is InChI=1S/C16H18N4O/c1-16(7-4-8-21-16)10-20-14-11-5-2-3-6-12(11)18-9-13(14)19-15(20)17/h2-3,5-6,9H,4,7-8,10H2,1H3,(H2,17,19). The number of hydrogen-bond donors (Lipinski definition) is 1. The molecule has 1 atom stereocenters. The van der Waals surface area contributed by atoms with Gasteiger partial charge in [-0.15, -0.1) is 0 Å². The Balaban J connectivity index is 1.94. The summed E-state index contributed by atoms with van der Waals surface area (Å²) in [6.45, 7) is 3.70. The van der Waals surface area contributed by atoms with Gasteiger partial charge in [-0.3, -0.25) is 4.98 Å². The lowest BCUT2D eigenvalue weighted by atomic mass is 10.0. The number of nitrogens with two attached hydrogens (primary N) is 1. The number of ether oxygens (including phenoxy) is 1. The minimum atomic E-state index is -0.161. The van der Waals surface area contributed by atoms with Crippen LogP contribution in [0.3, 0.4) is 0 Å². The van der Waals surface area contributed by atoms with Gasteiger partial charge in [0.05, 0.1) is 29.4 Å². The predicted molar refractivity (Wildman–Crippen MR) is 83.0 cm³/mol. The van der Waals surface area contributed by atoms with Gasteiger partial charge in [0.15, 0.2) is 0 Å². The van der Waals surface area contributed by atoms with Crippen molar-refractivity contribution in [1.29, 1.82) is 0 Å². The first-order valence-corrected chi connectivity index (χ1v) is 7.30. The van der Waals surface area contributed by atoms with E-state index in [2.05, 4.69) is 27.5 Å². The Kier molecular flexibility index (Phi) is 2.65. The first-order valence-electron chi connectivity index (χ1n) is 7.30. The third kappa shape index (κ3) is 1.96. The topological polar surface area (TPSA) is 66.0 Å². The summed E-state index contributed by atoms with van der Waals surface area (Å²) < 4.78 is 7.98. The van der Waals surface area contributed by atoms with Crippen molar-refractivity contribution in [2.24, 2.45) is 0 Å². The minimum Gasteiger partial charge on any atom is -0.373 e. The highest BCUT2D eigenvalue weighted by Crippen LogP contribution is 2.32. The van der Waals surface area contributed by atoms with Crippen LogP contribution in [0.4, 0.5) is 5.95 Å². The van der Waals surface area contributed by atoms with Crippen LogP contribution in [0.15, 0.2) is 30.5 Å². The molecule has 0 bridgehead atoms. The number of anilines is 1. The minimum absolute atomic E-state index is 0.161. The summed E-state index contributed by atoms with van der Waals surface area (Å²) in [5, 5.41) is 1.08. The molecular weight excluding hydrogens is 264 g/mol. The van der Waals surface area contributed by atoms with E-state index >= 15 is 0 Å². The predicted octanol–water partition coefficient (Wildman–Crippen LogP) is 2.74. The molecule has 2 N–H and O–H groups in total. The van der Waals surface area contributed by atoms with Crippen molar-refractivity contribution in [1.82, 2.24) is 14.5 Å². The molecule has 108 valence electrons. The molecule has 1 unspecified atom stereocenters. The number of aromatic nitrogens is 3. The molecule has 5 heteroatoms. The molecule has 3 aromatic rings. The lowest BCUT2D eigenvalue weighted by Crippen LogP contribution is -2.30. The molecule has 1 aliphatic heterocycles. The van der Waals surface area contributed by atoms with Gasteiger partial charge in [0.1, 0.15) is 5.52 Å². The Labute approximate surface area is 122 Å². The van der Waals surface area contributed by atoms with E-state index in [1.54, 1.807) is 6.20 Å². The van der Waals surface area contributed by atoms with Crippen LogP contribution < -0.4 is 5.73 Å². The summed E-state index contributed by atoms with van der Waals surface area (Å²) in [6.07, 6.45) is 3.95. The SMILES string of the molecule is CC1(Cn2c(N)nc3cnc4ccccc4c32)CCCO1. The molecule has 2 aromatic heterocycles. The Morgan fingerprint density at radius 1 is 1.33 bits per heavy atom. The van der Waals surface area contributed by atoms with Gasteiger partial charge in [-0.05, 0) is 25.8 Å². The number of imidazole rings is 1. The summed E-state index contributed by atoms with van der Waals surface area (Å²) in [5.74, 6) is 0.528. The smallest absolute Gasteiger partial charge is 0.201 e. The molecule has 0 radical (unpaired) electrons. The van der Waals surface area contributed by atoms with Crippen LogP contribution in [0.2, 0.25) is 0 Å². The highest BCUT2D eigenvalue weighted by atomic mass is 16.5. The molecular formula is C16H18N4O. The number of nitrogen functional groups attached to an aromatic ring is 1. The maximum atomic E-state index is 6.15. The van der Waals surface area contributed by atoms with E-state index in [9.17, 15) is 0 Å². The molecule has 0 amide bonds. The van der Waals surface area contributed by atoms with Gasteiger partial charge in [0.25, 0.3) is 0 Å². The van der Waals surface area contributed by atoms with Crippen LogP contribution >= 0.6 is 0 Å². The number of para-hydroxylation sites is 1. The third-order valence-electron chi connectivity index (χ3n) is 4.30. The molecule has 21 heavy (non-hydrogen) atoms. The molecule has 0 spiro atoms. The average molecular weight is 282 g/mol. The average Bonchev–Trinajstić information content (AvgIpc) is 3.04. The summed E-state index contributed by atoms with van der Waals surface area (Å²) in [5.41, 5.74) is 8.84. The first kappa shape index (κ1) is 12.6. The quantitative estimate of drug-likeness (QED) is 0.785. The number of hydrogen-bond acceptors (Lipinski definition) is 4. The van der Waals surface area contributed by atoms with Crippen molar-refractivity contribution in [3.05, 3.63) is 30.5 Å². The second-order valence-electron chi connectivity index (χ2n) is 5.97. The van der Waals surface area contributed by atoms with Crippen LogP contribution in [0.1, 0.15) is 19.8 Å². The molecule has 0 aliphatic carbocycles. The number of rotatable bonds is 2. The van der Waals surface area contributed by atoms with Crippen LogP contribution in [-0.4, -0.2) is 26.7 Å². The van der Waals surface area contributed by atoms with Gasteiger partial charge in [0, 0.05) is 12.0 Å². The van der Waals surface area contributed by atoms with Crippen molar-refractivity contribution >= 4 is 27.9 Å². The highest BCUT2D eigenvalue weighted by molar-refractivity contribution is 6.02. The van der Waals surface area contributed by atoms with Gasteiger partial charge in [-0.1, -0.05) is 18.2 Å². The van der Waals surface area contributed by atoms with E-state index in [1.807, 2.05) is 18.2 Å². The fourth-order valence-electron chi connectivity index (χ4n) is 3.24. The Bertz CT molecular complexity index is 818. The van der Waals surface area contributed by atoms with Crippen LogP contribution in [-0.2, 0) is 11.3 Å². The largest absolute Gasteiger partial charge is 0.373 e. The molecule has 5 nitrogen and oxygen atoms in total. The number of benzene rings is 1. The molecule has 3 heterocycles. The van der Waals surface area contributed by atoms with Crippen molar-refractivity contribution in [3.63, 3.8) is 0 Å². The molecule has 1 aliphatic rings. The molecule has 1 fully saturated rings. The summed E-state index contributed by atoms with van der Waals surface area (Å²) in [4.78, 5) is 8.91. The fraction of sp³-hybridized carbons (Fsp3) is 0.375. The van der Waals surface area contributed by atoms with Gasteiger partial charge >= 0.3 is 0 Å². The molecule has 4 rings (SSSR count). The maximum Gasteiger partial charge on any atom is 0.201 e. The van der Waals surface area contributed by atoms with Gasteiger partial charge in [-0.2, -0.15) is 0 Å². The second-order valence-corrected chi connectivity index (χ2v) is 5.97. The normalized spacial score (nSPS) is 22.3. The Morgan fingerprint density at radius 2 is 2.19 bits per heavy atom. The molecule has 0 saturated carbocycles. The van der Waals surface area contributed by atoms with E-state index in [4.69, 9.17) is 10.5 Å². The molecule has 1 aromatic carbocycles. The highest BCUT2D eigenvalue weighted by Gasteiger charge is 2.31. The van der Waals surface area contributed by atoms with E-state index in [-0.39, 0.29) is 5.60 Å². The van der Waals surface area contributed by atoms with Crippen LogP contribution in [0.5, 0.6) is 0 Å². The van der Waals surface area contributed by atoms with Crippen molar-refractivity contribution in [3.8, 4) is 0 Å². The van der Waals surface area contributed by atoms with E-state index in [1.165, 1.54) is 0 Å². The van der Waals surface area contributed by atoms with Gasteiger partial charge < -0.3 is 15.0 Å². The Morgan fingerprint density at radius 3 is 3.00 bits per heavy atom. The van der Waals surface area contributed by atoms with Crippen molar-refractivity contribution in [2.45, 2.75) is 31.9 Å². The third-order valence-corrected chi connectivity index (χ3v) is 4.30. The van der Waals surface area contributed by atoms with Crippen LogP contribution in [0, 0.1) is 0 Å². The number of fused-ring (bicyclic) bond motifs is 3. The zero-order valence-electron chi connectivity index (χ0n) is 12.0. The zero-order chi connectivity index (χ0) is 14.4. The molecule has 1 saturated heterocycles. The van der Waals surface area contributed by atoms with Gasteiger partial charge in [0.2, 0.25) is 5.95 Å². The van der Waals surface area contributed by atoms with Crippen molar-refractivity contribution < 1.29 is 4.74 Å². The first-order chi connectivity index (χ1) is 10.2. The summed E-state index contributed by atoms with van der Waals surface area (Å²) in [6, 6.07) is 8.09. The Hall–Kier alpha value is -2.14. The van der Waals surface area contributed by atoms with Crippen molar-refractivity contribution in [2.75, 3.05) is 12.3 Å². The second kappa shape index (κ2) is 4.43. The van der Waals surface area contributed by atoms with Gasteiger partial charge in [-0.25, -0.2) is 4.98 Å². The number of nitrogens with zero attached hydrogens (tertiary/aromatic N) is 3. The summed E-state index contributed by atoms with van der Waals surface area (Å²) in [7, 11) is 0. The van der Waals surface area contributed by atoms with Crippen LogP contribution in [0.25, 0.3) is 21.9 Å². The lowest BCUT2D eigenvalue weighted by Gasteiger charge is -2.24. The zero-order valence-corrected chi connectivity index (χ0v) is 12.0. The monoisotopic (exact) mass is 282 g/mol. The lowest BCUT2D eigenvalue weighted by molar-refractivity contribution is 0.00754. The fourth-order valence-corrected chi connectivity index (χ4v) is 3.24. The van der Waals surface area contributed by atoms with E-state index in [0.717, 1.165) is 47.9 Å². The van der Waals surface area contributed by atoms with E-state index < -0.39 is 0 Å². The maximum absolute atomic E-state index is 6.15.